The Bertz CT molecular complexity index is 307. The topological polar surface area (TPSA) is 45.4 Å². The van der Waals surface area contributed by atoms with Crippen molar-refractivity contribution < 1.29 is 4.84 Å². The second kappa shape index (κ2) is 7.41. The molecule has 3 nitrogen and oxygen atoms in total. The maximum atomic E-state index is 9.15. The van der Waals surface area contributed by atoms with E-state index < -0.39 is 0 Å². The van der Waals surface area contributed by atoms with Gasteiger partial charge >= 0.3 is 0 Å². The van der Waals surface area contributed by atoms with Crippen LogP contribution in [0, 0.1) is 23.2 Å². The van der Waals surface area contributed by atoms with Gasteiger partial charge < -0.3 is 4.84 Å². The molecule has 0 radical (unpaired) electrons. The van der Waals surface area contributed by atoms with E-state index in [1.165, 1.54) is 51.4 Å². The van der Waals surface area contributed by atoms with Crippen molar-refractivity contribution in [3.8, 4) is 6.07 Å². The van der Waals surface area contributed by atoms with Gasteiger partial charge in [-0.25, -0.2) is 0 Å². The Kier molecular flexibility index (Phi) is 5.51. The van der Waals surface area contributed by atoms with Crippen LogP contribution < -0.4 is 0 Å². The van der Waals surface area contributed by atoms with Crippen molar-refractivity contribution in [3.05, 3.63) is 0 Å². The van der Waals surface area contributed by atoms with Gasteiger partial charge in [-0.05, 0) is 31.6 Å². The highest BCUT2D eigenvalue weighted by molar-refractivity contribution is 5.99. The van der Waals surface area contributed by atoms with Crippen LogP contribution in [-0.4, -0.2) is 12.3 Å². The van der Waals surface area contributed by atoms with Crippen LogP contribution in [0.3, 0.4) is 0 Å². The van der Waals surface area contributed by atoms with Crippen molar-refractivity contribution in [2.24, 2.45) is 17.0 Å². The third kappa shape index (κ3) is 4.01. The molecule has 0 aromatic heterocycles. The van der Waals surface area contributed by atoms with E-state index in [-0.39, 0.29) is 0 Å². The van der Waals surface area contributed by atoms with Gasteiger partial charge in [-0.2, -0.15) is 5.26 Å². The normalized spacial score (nSPS) is 23.6. The highest BCUT2D eigenvalue weighted by Crippen LogP contribution is 2.26. The number of nitriles is 1. The summed E-state index contributed by atoms with van der Waals surface area (Å²) in [6.07, 6.45) is 12.5. The quantitative estimate of drug-likeness (QED) is 0.556. The van der Waals surface area contributed by atoms with Crippen molar-refractivity contribution in [1.29, 1.82) is 5.26 Å². The van der Waals surface area contributed by atoms with Gasteiger partial charge in [-0.3, -0.25) is 0 Å². The predicted octanol–water partition coefficient (Wildman–Crippen LogP) is 4.04. The Labute approximate surface area is 110 Å². The van der Waals surface area contributed by atoms with Crippen LogP contribution in [0.5, 0.6) is 0 Å². The second-order valence-electron chi connectivity index (χ2n) is 5.72. The maximum absolute atomic E-state index is 9.15. The monoisotopic (exact) mass is 248 g/mol. The van der Waals surface area contributed by atoms with E-state index in [0.29, 0.717) is 24.2 Å². The fourth-order valence-electron chi connectivity index (χ4n) is 3.13. The van der Waals surface area contributed by atoms with Gasteiger partial charge in [-0.1, -0.05) is 43.7 Å². The van der Waals surface area contributed by atoms with E-state index >= 15 is 0 Å². The van der Waals surface area contributed by atoms with Gasteiger partial charge in [-0.15, -0.1) is 0 Å². The second-order valence-corrected chi connectivity index (χ2v) is 5.72. The van der Waals surface area contributed by atoms with Crippen LogP contribution in [0.1, 0.15) is 64.2 Å². The van der Waals surface area contributed by atoms with Crippen molar-refractivity contribution in [3.63, 3.8) is 0 Å². The Hall–Kier alpha value is -1.04. The van der Waals surface area contributed by atoms with E-state index in [2.05, 4.69) is 11.2 Å². The van der Waals surface area contributed by atoms with Gasteiger partial charge in [0.1, 0.15) is 12.7 Å². The Balaban J connectivity index is 1.76. The fraction of sp³-hybridized carbons (Fsp3) is 0.867. The van der Waals surface area contributed by atoms with Crippen LogP contribution >= 0.6 is 0 Å². The Morgan fingerprint density at radius 2 is 1.61 bits per heavy atom. The minimum Gasteiger partial charge on any atom is -0.395 e. The molecule has 2 rings (SSSR count). The first-order chi connectivity index (χ1) is 8.90. The molecule has 0 aliphatic heterocycles. The molecule has 3 heteroatoms. The van der Waals surface area contributed by atoms with E-state index in [9.17, 15) is 0 Å². The number of hydrogen-bond acceptors (Lipinski definition) is 3. The number of oxime groups is 1. The molecule has 0 aromatic rings. The molecule has 0 N–H and O–H groups in total. The van der Waals surface area contributed by atoms with Gasteiger partial charge in [0.15, 0.2) is 5.71 Å². The largest absolute Gasteiger partial charge is 0.395 e. The van der Waals surface area contributed by atoms with E-state index in [0.717, 1.165) is 12.8 Å². The van der Waals surface area contributed by atoms with Crippen LogP contribution in [0.25, 0.3) is 0 Å². The summed E-state index contributed by atoms with van der Waals surface area (Å²) < 4.78 is 0. The first kappa shape index (κ1) is 13.4. The third-order valence-electron chi connectivity index (χ3n) is 4.30. The molecule has 0 amide bonds. The number of hydrogen-bond donors (Lipinski definition) is 0. The lowest BCUT2D eigenvalue weighted by molar-refractivity contribution is 0.0905. The molecule has 18 heavy (non-hydrogen) atoms. The summed E-state index contributed by atoms with van der Waals surface area (Å²) in [5.41, 5.74) is 0.630. The summed E-state index contributed by atoms with van der Waals surface area (Å²) in [7, 11) is 0. The van der Waals surface area contributed by atoms with Gasteiger partial charge in [0, 0.05) is 5.92 Å². The molecule has 0 atom stereocenters. The van der Waals surface area contributed by atoms with Crippen LogP contribution in [0.2, 0.25) is 0 Å². The predicted molar refractivity (Wildman–Crippen MR) is 72.2 cm³/mol. The minimum atomic E-state index is 0.357. The Morgan fingerprint density at radius 3 is 2.22 bits per heavy atom. The van der Waals surface area contributed by atoms with E-state index in [1.807, 2.05) is 0 Å². The molecule has 2 fully saturated rings. The molecular weight excluding hydrogens is 224 g/mol. The van der Waals surface area contributed by atoms with Crippen LogP contribution in [-0.2, 0) is 4.84 Å². The number of rotatable bonds is 4. The summed E-state index contributed by atoms with van der Waals surface area (Å²) in [5.74, 6) is 1.02. The standard InChI is InChI=1S/C15H24N2O/c16-11-15(14-9-5-2-6-10-14)17-18-12-13-7-3-1-4-8-13/h13-14H,1-10,12H2. The van der Waals surface area contributed by atoms with Crippen molar-refractivity contribution in [1.82, 2.24) is 0 Å². The SMILES string of the molecule is N#CC(=NOCC1CCCCC1)C1CCCCC1. The zero-order chi connectivity index (χ0) is 12.6. The third-order valence-corrected chi connectivity index (χ3v) is 4.30. The van der Waals surface area contributed by atoms with Crippen molar-refractivity contribution in [2.45, 2.75) is 64.2 Å². The zero-order valence-electron chi connectivity index (χ0n) is 11.2. The molecule has 2 aliphatic rings. The highest BCUT2D eigenvalue weighted by Gasteiger charge is 2.20. The van der Waals surface area contributed by atoms with Crippen molar-refractivity contribution in [2.75, 3.05) is 6.61 Å². The van der Waals surface area contributed by atoms with Crippen LogP contribution in [0.4, 0.5) is 0 Å². The van der Waals surface area contributed by atoms with Crippen molar-refractivity contribution >= 4 is 5.71 Å². The number of nitrogens with zero attached hydrogens (tertiary/aromatic N) is 2. The molecular formula is C15H24N2O. The summed E-state index contributed by atoms with van der Waals surface area (Å²) in [6, 6.07) is 2.23. The molecule has 0 spiro atoms. The first-order valence-corrected chi connectivity index (χ1v) is 7.50. The fourth-order valence-corrected chi connectivity index (χ4v) is 3.13. The van der Waals surface area contributed by atoms with Gasteiger partial charge in [0.2, 0.25) is 0 Å². The summed E-state index contributed by atoms with van der Waals surface area (Å²) in [5, 5.41) is 13.3. The average Bonchev–Trinajstić information content (AvgIpc) is 2.46. The molecule has 2 aliphatic carbocycles. The minimum absolute atomic E-state index is 0.357. The van der Waals surface area contributed by atoms with Gasteiger partial charge in [0.05, 0.1) is 0 Å². The molecule has 0 aromatic carbocycles. The summed E-state index contributed by atoms with van der Waals surface area (Å²) in [4.78, 5) is 5.44. The lowest BCUT2D eigenvalue weighted by atomic mass is 9.86. The molecule has 0 saturated heterocycles. The highest BCUT2D eigenvalue weighted by atomic mass is 16.6. The smallest absolute Gasteiger partial charge is 0.160 e. The first-order valence-electron chi connectivity index (χ1n) is 7.50. The van der Waals surface area contributed by atoms with E-state index in [4.69, 9.17) is 10.1 Å². The molecule has 0 unspecified atom stereocenters. The lowest BCUT2D eigenvalue weighted by Gasteiger charge is -2.21. The molecule has 2 saturated carbocycles. The maximum Gasteiger partial charge on any atom is 0.160 e. The zero-order valence-corrected chi connectivity index (χ0v) is 11.2. The van der Waals surface area contributed by atoms with E-state index in [1.54, 1.807) is 0 Å². The van der Waals surface area contributed by atoms with Crippen LogP contribution in [0.15, 0.2) is 5.16 Å². The summed E-state index contributed by atoms with van der Waals surface area (Å²) >= 11 is 0. The molecule has 100 valence electrons. The summed E-state index contributed by atoms with van der Waals surface area (Å²) in [6.45, 7) is 0.706. The molecule has 0 bridgehead atoms. The average molecular weight is 248 g/mol. The Morgan fingerprint density at radius 1 is 1.00 bits per heavy atom. The van der Waals surface area contributed by atoms with Gasteiger partial charge in [0.25, 0.3) is 0 Å². The molecule has 0 heterocycles. The lowest BCUT2D eigenvalue weighted by Crippen LogP contribution is -2.18.